The third kappa shape index (κ3) is 3.77. The maximum absolute atomic E-state index is 6.22. The molecule has 3 rings (SSSR count). The van der Waals surface area contributed by atoms with Crippen LogP contribution in [0.1, 0.15) is 25.1 Å². The largest absolute Gasteiger partial charge is 0.490 e. The molecule has 0 bridgehead atoms. The van der Waals surface area contributed by atoms with Crippen molar-refractivity contribution in [2.45, 2.75) is 24.8 Å². The fourth-order valence-corrected chi connectivity index (χ4v) is 2.52. The summed E-state index contributed by atoms with van der Waals surface area (Å²) in [6.45, 7) is 0.913. The lowest BCUT2D eigenvalue weighted by atomic mass is 9.77. The van der Waals surface area contributed by atoms with Gasteiger partial charge in [-0.15, -0.1) is 12.4 Å². The second-order valence-corrected chi connectivity index (χ2v) is 5.85. The Labute approximate surface area is 145 Å². The van der Waals surface area contributed by atoms with Crippen LogP contribution in [0, 0.1) is 0 Å². The van der Waals surface area contributed by atoms with Gasteiger partial charge in [-0.2, -0.15) is 4.98 Å². The number of halogens is 2. The molecule has 1 aliphatic rings. The summed E-state index contributed by atoms with van der Waals surface area (Å²) in [5, 5.41) is 4.59. The van der Waals surface area contributed by atoms with E-state index in [1.807, 2.05) is 0 Å². The van der Waals surface area contributed by atoms with Crippen LogP contribution in [0.4, 0.5) is 0 Å². The Morgan fingerprint density at radius 1 is 1.35 bits per heavy atom. The van der Waals surface area contributed by atoms with Crippen LogP contribution in [0.5, 0.6) is 5.75 Å². The first-order valence-corrected chi connectivity index (χ1v) is 7.55. The molecule has 1 aliphatic carbocycles. The van der Waals surface area contributed by atoms with Crippen molar-refractivity contribution in [3.8, 4) is 17.2 Å². The van der Waals surface area contributed by atoms with Crippen molar-refractivity contribution in [3.63, 3.8) is 0 Å². The van der Waals surface area contributed by atoms with Crippen LogP contribution in [0.15, 0.2) is 22.7 Å². The molecule has 2 aromatic rings. The van der Waals surface area contributed by atoms with Crippen LogP contribution in [0.3, 0.4) is 0 Å². The maximum atomic E-state index is 6.22. The third-order valence-electron chi connectivity index (χ3n) is 3.83. The molecule has 0 saturated heterocycles. The molecule has 0 spiro atoms. The Balaban J connectivity index is 0.00000192. The average molecular weight is 360 g/mol. The minimum absolute atomic E-state index is 0. The fourth-order valence-electron chi connectivity index (χ4n) is 2.35. The van der Waals surface area contributed by atoms with Crippen LogP contribution in [-0.2, 0) is 10.3 Å². The molecule has 1 heterocycles. The molecule has 2 N–H and O–H groups in total. The van der Waals surface area contributed by atoms with E-state index < -0.39 is 5.54 Å². The molecule has 0 amide bonds. The van der Waals surface area contributed by atoms with Crippen molar-refractivity contribution < 1.29 is 14.0 Å². The van der Waals surface area contributed by atoms with Gasteiger partial charge < -0.3 is 19.7 Å². The number of hydrogen-bond acceptors (Lipinski definition) is 6. The highest BCUT2D eigenvalue weighted by Crippen LogP contribution is 2.39. The van der Waals surface area contributed by atoms with Crippen molar-refractivity contribution in [1.82, 2.24) is 10.1 Å². The van der Waals surface area contributed by atoms with Crippen LogP contribution < -0.4 is 10.5 Å². The highest BCUT2D eigenvalue weighted by atomic mass is 35.5. The van der Waals surface area contributed by atoms with Gasteiger partial charge in [0.25, 0.3) is 5.89 Å². The second-order valence-electron chi connectivity index (χ2n) is 5.41. The van der Waals surface area contributed by atoms with E-state index in [0.717, 1.165) is 19.3 Å². The van der Waals surface area contributed by atoms with Crippen LogP contribution in [0.2, 0.25) is 5.02 Å². The van der Waals surface area contributed by atoms with Crippen LogP contribution in [-0.4, -0.2) is 30.5 Å². The van der Waals surface area contributed by atoms with E-state index >= 15 is 0 Å². The molecule has 1 aromatic heterocycles. The molecule has 1 aromatic carbocycles. The van der Waals surface area contributed by atoms with E-state index in [1.165, 1.54) is 0 Å². The van der Waals surface area contributed by atoms with Gasteiger partial charge in [0.2, 0.25) is 0 Å². The summed E-state index contributed by atoms with van der Waals surface area (Å²) in [6, 6.07) is 5.27. The van der Waals surface area contributed by atoms with Gasteiger partial charge in [-0.05, 0) is 37.5 Å². The Morgan fingerprint density at radius 3 is 2.78 bits per heavy atom. The third-order valence-corrected chi connectivity index (χ3v) is 4.07. The molecule has 8 heteroatoms. The van der Waals surface area contributed by atoms with Gasteiger partial charge in [0.15, 0.2) is 5.82 Å². The second kappa shape index (κ2) is 7.49. The van der Waals surface area contributed by atoms with E-state index in [2.05, 4.69) is 10.1 Å². The zero-order valence-corrected chi connectivity index (χ0v) is 14.3. The molecule has 126 valence electrons. The number of benzene rings is 1. The standard InChI is InChI=1S/C15H18ClN3O3.ClH/c1-20-7-8-21-12-4-3-10(16)9-11(12)13-18-14(19-22-13)15(17)5-2-6-15;/h3-4,9H,2,5-8,17H2,1H3;1H. The number of nitrogens with two attached hydrogens (primary N) is 1. The van der Waals surface area contributed by atoms with Crippen molar-refractivity contribution >= 4 is 24.0 Å². The first-order valence-electron chi connectivity index (χ1n) is 7.17. The highest BCUT2D eigenvalue weighted by molar-refractivity contribution is 6.30. The summed E-state index contributed by atoms with van der Waals surface area (Å²) in [5.41, 5.74) is 6.42. The smallest absolute Gasteiger partial charge is 0.261 e. The normalized spacial score (nSPS) is 15.6. The summed E-state index contributed by atoms with van der Waals surface area (Å²) in [4.78, 5) is 4.43. The Morgan fingerprint density at radius 2 is 2.13 bits per heavy atom. The van der Waals surface area contributed by atoms with Gasteiger partial charge in [0.1, 0.15) is 12.4 Å². The van der Waals surface area contributed by atoms with Crippen molar-refractivity contribution in [2.24, 2.45) is 5.73 Å². The molecule has 0 radical (unpaired) electrons. The first kappa shape index (κ1) is 18.0. The van der Waals surface area contributed by atoms with E-state index in [-0.39, 0.29) is 12.4 Å². The van der Waals surface area contributed by atoms with Gasteiger partial charge in [0.05, 0.1) is 17.7 Å². The van der Waals surface area contributed by atoms with Gasteiger partial charge in [0, 0.05) is 12.1 Å². The Kier molecular flexibility index (Phi) is 5.86. The summed E-state index contributed by atoms with van der Waals surface area (Å²) in [5.74, 6) is 1.52. The molecule has 0 unspecified atom stereocenters. The number of rotatable bonds is 6. The van der Waals surface area contributed by atoms with Gasteiger partial charge in [-0.1, -0.05) is 16.8 Å². The Bertz CT molecular complexity index is 659. The van der Waals surface area contributed by atoms with Crippen LogP contribution in [0.25, 0.3) is 11.5 Å². The highest BCUT2D eigenvalue weighted by Gasteiger charge is 2.39. The van der Waals surface area contributed by atoms with E-state index in [0.29, 0.717) is 41.3 Å². The molecule has 23 heavy (non-hydrogen) atoms. The van der Waals surface area contributed by atoms with Crippen molar-refractivity contribution in [1.29, 1.82) is 0 Å². The lowest BCUT2D eigenvalue weighted by Gasteiger charge is -2.34. The van der Waals surface area contributed by atoms with Crippen molar-refractivity contribution in [3.05, 3.63) is 29.0 Å². The number of nitrogens with zero attached hydrogens (tertiary/aromatic N) is 2. The van der Waals surface area contributed by atoms with Gasteiger partial charge >= 0.3 is 0 Å². The van der Waals surface area contributed by atoms with Gasteiger partial charge in [-0.25, -0.2) is 0 Å². The van der Waals surface area contributed by atoms with Crippen LogP contribution >= 0.6 is 24.0 Å². The lowest BCUT2D eigenvalue weighted by molar-refractivity contribution is 0.146. The van der Waals surface area contributed by atoms with E-state index in [4.69, 9.17) is 31.3 Å². The molecular weight excluding hydrogens is 341 g/mol. The number of aromatic nitrogens is 2. The summed E-state index contributed by atoms with van der Waals surface area (Å²) < 4.78 is 16.0. The molecule has 1 saturated carbocycles. The SMILES string of the molecule is COCCOc1ccc(Cl)cc1-c1nc(C2(N)CCC2)no1.Cl. The predicted octanol–water partition coefficient (Wildman–Crippen LogP) is 3.17. The average Bonchev–Trinajstić information content (AvgIpc) is 2.96. The summed E-state index contributed by atoms with van der Waals surface area (Å²) in [6.07, 6.45) is 2.83. The topological polar surface area (TPSA) is 83.4 Å². The molecule has 0 aliphatic heterocycles. The summed E-state index contributed by atoms with van der Waals surface area (Å²) >= 11 is 6.07. The molecular formula is C15H19Cl2N3O3. The molecule has 1 fully saturated rings. The molecule has 6 nitrogen and oxygen atoms in total. The Hall–Kier alpha value is -1.34. The van der Waals surface area contributed by atoms with Crippen molar-refractivity contribution in [2.75, 3.05) is 20.3 Å². The minimum Gasteiger partial charge on any atom is -0.490 e. The predicted molar refractivity (Wildman–Crippen MR) is 89.1 cm³/mol. The zero-order chi connectivity index (χ0) is 15.6. The molecule has 0 atom stereocenters. The van der Waals surface area contributed by atoms with Gasteiger partial charge in [-0.3, -0.25) is 0 Å². The van der Waals surface area contributed by atoms with E-state index in [9.17, 15) is 0 Å². The summed E-state index contributed by atoms with van der Waals surface area (Å²) in [7, 11) is 1.62. The lowest BCUT2D eigenvalue weighted by Crippen LogP contribution is -2.44. The fraction of sp³-hybridized carbons (Fsp3) is 0.467. The number of hydrogen-bond donors (Lipinski definition) is 1. The zero-order valence-electron chi connectivity index (χ0n) is 12.8. The quantitative estimate of drug-likeness (QED) is 0.797. The maximum Gasteiger partial charge on any atom is 0.261 e. The number of ether oxygens (including phenoxy) is 2. The first-order chi connectivity index (χ1) is 10.6. The monoisotopic (exact) mass is 359 g/mol. The van der Waals surface area contributed by atoms with E-state index in [1.54, 1.807) is 25.3 Å². The minimum atomic E-state index is -0.461. The number of methoxy groups -OCH3 is 1.